The second kappa shape index (κ2) is 6.88. The third-order valence-corrected chi connectivity index (χ3v) is 6.98. The Bertz CT molecular complexity index is 751. The number of hydrogen-bond acceptors (Lipinski definition) is 4. The Labute approximate surface area is 147 Å². The van der Waals surface area contributed by atoms with Crippen LogP contribution in [0.2, 0.25) is 0 Å². The van der Waals surface area contributed by atoms with Crippen LogP contribution in [-0.2, 0) is 14.8 Å². The molecule has 2 fully saturated rings. The van der Waals surface area contributed by atoms with Gasteiger partial charge in [-0.3, -0.25) is 9.69 Å². The number of hydrogen-bond donors (Lipinski definition) is 0. The molecule has 24 heavy (non-hydrogen) atoms. The molecule has 1 aliphatic carbocycles. The van der Waals surface area contributed by atoms with Crippen LogP contribution in [0.1, 0.15) is 44.6 Å². The second-order valence-corrected chi connectivity index (χ2v) is 9.33. The van der Waals surface area contributed by atoms with Gasteiger partial charge in [0.15, 0.2) is 5.17 Å². The maximum atomic E-state index is 12.6. The zero-order chi connectivity index (χ0) is 17.3. The van der Waals surface area contributed by atoms with Gasteiger partial charge in [-0.2, -0.15) is 8.42 Å². The number of carbonyl (C=O) groups is 1. The number of sulfonamides is 1. The zero-order valence-electron chi connectivity index (χ0n) is 13.9. The Hall–Kier alpha value is -1.34. The molecule has 5 nitrogen and oxygen atoms in total. The summed E-state index contributed by atoms with van der Waals surface area (Å²) >= 11 is 1.25. The molecule has 1 amide bonds. The highest BCUT2D eigenvalue weighted by molar-refractivity contribution is 8.16. The minimum atomic E-state index is -3.81. The van der Waals surface area contributed by atoms with Crippen molar-refractivity contribution in [2.75, 3.05) is 0 Å². The number of amidine groups is 1. The smallest absolute Gasteiger partial charge is 0.284 e. The van der Waals surface area contributed by atoms with Crippen LogP contribution in [-0.4, -0.2) is 35.7 Å². The molecular formula is C17H22N2O3S2. The minimum absolute atomic E-state index is 0.0234. The quantitative estimate of drug-likeness (QED) is 0.823. The summed E-state index contributed by atoms with van der Waals surface area (Å²) in [5, 5.41) is 0.0545. The first-order valence-corrected chi connectivity index (χ1v) is 10.6. The molecule has 1 aliphatic heterocycles. The van der Waals surface area contributed by atoms with Crippen molar-refractivity contribution in [2.45, 2.75) is 62.1 Å². The van der Waals surface area contributed by atoms with Gasteiger partial charge in [-0.1, -0.05) is 48.7 Å². The largest absolute Gasteiger partial charge is 0.287 e. The minimum Gasteiger partial charge on any atom is -0.287 e. The Morgan fingerprint density at radius 2 is 1.75 bits per heavy atom. The molecule has 0 aromatic heterocycles. The molecule has 1 heterocycles. The van der Waals surface area contributed by atoms with E-state index in [0.29, 0.717) is 5.17 Å². The van der Waals surface area contributed by atoms with E-state index >= 15 is 0 Å². The van der Waals surface area contributed by atoms with E-state index in [2.05, 4.69) is 4.40 Å². The molecule has 2 aliphatic rings. The summed E-state index contributed by atoms with van der Waals surface area (Å²) in [5.41, 5.74) is 0.990. The van der Waals surface area contributed by atoms with Gasteiger partial charge in [0.2, 0.25) is 5.91 Å². The van der Waals surface area contributed by atoms with Gasteiger partial charge in [0.05, 0.1) is 10.1 Å². The van der Waals surface area contributed by atoms with Crippen molar-refractivity contribution >= 4 is 32.9 Å². The van der Waals surface area contributed by atoms with Crippen molar-refractivity contribution in [1.82, 2.24) is 4.90 Å². The highest BCUT2D eigenvalue weighted by Gasteiger charge is 2.40. The van der Waals surface area contributed by atoms with E-state index in [1.54, 1.807) is 29.2 Å². The van der Waals surface area contributed by atoms with E-state index in [-0.39, 0.29) is 22.1 Å². The molecule has 0 unspecified atom stereocenters. The normalized spacial score (nSPS) is 24.8. The zero-order valence-corrected chi connectivity index (χ0v) is 15.6. The van der Waals surface area contributed by atoms with Crippen LogP contribution in [0, 0.1) is 6.92 Å². The molecule has 1 atom stereocenters. The fourth-order valence-corrected chi connectivity index (χ4v) is 5.39. The van der Waals surface area contributed by atoms with Crippen molar-refractivity contribution in [2.24, 2.45) is 4.40 Å². The van der Waals surface area contributed by atoms with Gasteiger partial charge in [-0.15, -0.1) is 4.40 Å². The van der Waals surface area contributed by atoms with Crippen LogP contribution < -0.4 is 0 Å². The average molecular weight is 367 g/mol. The van der Waals surface area contributed by atoms with E-state index in [1.165, 1.54) is 18.2 Å². The Morgan fingerprint density at radius 3 is 2.38 bits per heavy atom. The number of benzene rings is 1. The van der Waals surface area contributed by atoms with Crippen LogP contribution in [0.4, 0.5) is 0 Å². The molecule has 3 rings (SSSR count). The number of rotatable bonds is 3. The predicted octanol–water partition coefficient (Wildman–Crippen LogP) is 3.34. The van der Waals surface area contributed by atoms with Crippen molar-refractivity contribution in [1.29, 1.82) is 0 Å². The molecule has 7 heteroatoms. The maximum absolute atomic E-state index is 12.6. The van der Waals surface area contributed by atoms with Gasteiger partial charge < -0.3 is 0 Å². The van der Waals surface area contributed by atoms with Gasteiger partial charge in [-0.25, -0.2) is 0 Å². The standard InChI is InChI=1S/C17H22N2O3S2/c1-12-8-10-15(11-9-12)24(21,22)18-17-19(16(20)13(2)23-17)14-6-4-3-5-7-14/h8-11,13-14H,3-7H2,1-2H3/t13-/m1/s1. The summed E-state index contributed by atoms with van der Waals surface area (Å²) < 4.78 is 29.2. The van der Waals surface area contributed by atoms with Crippen LogP contribution in [0.15, 0.2) is 33.6 Å². The Balaban J connectivity index is 1.93. The summed E-state index contributed by atoms with van der Waals surface area (Å²) in [6.07, 6.45) is 5.16. The van der Waals surface area contributed by atoms with Crippen LogP contribution in [0.3, 0.4) is 0 Å². The molecule has 0 radical (unpaired) electrons. The summed E-state index contributed by atoms with van der Waals surface area (Å²) in [4.78, 5) is 14.3. The molecule has 0 bridgehead atoms. The Morgan fingerprint density at radius 1 is 1.12 bits per heavy atom. The fourth-order valence-electron chi connectivity index (χ4n) is 3.16. The van der Waals surface area contributed by atoms with Gasteiger partial charge >= 0.3 is 0 Å². The highest BCUT2D eigenvalue weighted by Crippen LogP contribution is 2.34. The average Bonchev–Trinajstić information content (AvgIpc) is 2.82. The number of carbonyl (C=O) groups excluding carboxylic acids is 1. The lowest BCUT2D eigenvalue weighted by Gasteiger charge is -2.30. The number of aryl methyl sites for hydroxylation is 1. The van der Waals surface area contributed by atoms with E-state index in [4.69, 9.17) is 0 Å². The van der Waals surface area contributed by atoms with Crippen molar-refractivity contribution < 1.29 is 13.2 Å². The van der Waals surface area contributed by atoms with Gasteiger partial charge in [-0.05, 0) is 38.8 Å². The molecular weight excluding hydrogens is 344 g/mol. The molecule has 1 aromatic rings. The summed E-state index contributed by atoms with van der Waals surface area (Å²) in [6.45, 7) is 3.71. The van der Waals surface area contributed by atoms with Gasteiger partial charge in [0, 0.05) is 6.04 Å². The third-order valence-electron chi connectivity index (χ3n) is 4.53. The van der Waals surface area contributed by atoms with Gasteiger partial charge in [0.25, 0.3) is 10.0 Å². The molecule has 1 saturated heterocycles. The first-order valence-electron chi connectivity index (χ1n) is 8.30. The molecule has 130 valence electrons. The lowest BCUT2D eigenvalue weighted by molar-refractivity contribution is -0.127. The fraction of sp³-hybridized carbons (Fsp3) is 0.529. The van der Waals surface area contributed by atoms with Crippen molar-refractivity contribution in [3.63, 3.8) is 0 Å². The second-order valence-electron chi connectivity index (χ2n) is 6.42. The van der Waals surface area contributed by atoms with Crippen molar-refractivity contribution in [3.05, 3.63) is 29.8 Å². The Kier molecular flexibility index (Phi) is 5.01. The number of nitrogens with zero attached hydrogens (tertiary/aromatic N) is 2. The van der Waals surface area contributed by atoms with E-state index in [9.17, 15) is 13.2 Å². The maximum Gasteiger partial charge on any atom is 0.284 e. The predicted molar refractivity (Wildman–Crippen MR) is 96.6 cm³/mol. The molecule has 1 saturated carbocycles. The monoisotopic (exact) mass is 366 g/mol. The first kappa shape index (κ1) is 17.5. The molecule has 0 N–H and O–H groups in total. The van der Waals surface area contributed by atoms with Crippen LogP contribution in [0.5, 0.6) is 0 Å². The van der Waals surface area contributed by atoms with E-state index in [1.807, 2.05) is 13.8 Å². The number of amides is 1. The molecule has 0 spiro atoms. The van der Waals surface area contributed by atoms with Gasteiger partial charge in [0.1, 0.15) is 0 Å². The molecule has 1 aromatic carbocycles. The summed E-state index contributed by atoms with van der Waals surface area (Å²) in [6, 6.07) is 6.70. The first-order chi connectivity index (χ1) is 11.4. The van der Waals surface area contributed by atoms with E-state index in [0.717, 1.165) is 31.2 Å². The van der Waals surface area contributed by atoms with Crippen molar-refractivity contribution in [3.8, 4) is 0 Å². The lowest BCUT2D eigenvalue weighted by Crippen LogP contribution is -2.42. The number of thioether (sulfide) groups is 1. The summed E-state index contributed by atoms with van der Waals surface area (Å²) in [5.74, 6) is -0.0234. The van der Waals surface area contributed by atoms with Crippen LogP contribution in [0.25, 0.3) is 0 Å². The lowest BCUT2D eigenvalue weighted by atomic mass is 9.94. The van der Waals surface area contributed by atoms with Crippen LogP contribution >= 0.6 is 11.8 Å². The topological polar surface area (TPSA) is 66.8 Å². The highest BCUT2D eigenvalue weighted by atomic mass is 32.2. The van der Waals surface area contributed by atoms with E-state index < -0.39 is 10.0 Å². The summed E-state index contributed by atoms with van der Waals surface area (Å²) in [7, 11) is -3.81. The SMILES string of the molecule is Cc1ccc(S(=O)(=O)N=C2S[C@H](C)C(=O)N2C2CCCCC2)cc1. The third kappa shape index (κ3) is 3.52.